The number of nitrogens with two attached hydrogens (primary N) is 2. The molecular weight excluding hydrogens is 276 g/mol. The van der Waals surface area contributed by atoms with E-state index >= 15 is 0 Å². The van der Waals surface area contributed by atoms with Gasteiger partial charge in [0.2, 0.25) is 0 Å². The highest BCUT2D eigenvalue weighted by molar-refractivity contribution is 5.31. The van der Waals surface area contributed by atoms with E-state index in [0.29, 0.717) is 13.1 Å². The monoisotopic (exact) mass is 302 g/mol. The van der Waals surface area contributed by atoms with Crippen molar-refractivity contribution in [2.75, 3.05) is 13.1 Å². The molecule has 0 aliphatic heterocycles. The maximum absolute atomic E-state index is 6.13. The zero-order chi connectivity index (χ0) is 15.4. The van der Waals surface area contributed by atoms with Gasteiger partial charge >= 0.3 is 0 Å². The van der Waals surface area contributed by atoms with E-state index in [1.54, 1.807) is 0 Å². The lowest BCUT2D eigenvalue weighted by Crippen LogP contribution is -2.29. The highest BCUT2D eigenvalue weighted by Crippen LogP contribution is 2.46. The average Bonchev–Trinajstić information content (AvgIpc) is 3.19. The first kappa shape index (κ1) is 15.4. The van der Waals surface area contributed by atoms with E-state index in [2.05, 4.69) is 24.3 Å². The zero-order valence-corrected chi connectivity index (χ0v) is 13.1. The lowest BCUT2D eigenvalue weighted by atomic mass is 9.70. The van der Waals surface area contributed by atoms with Crippen LogP contribution in [-0.2, 0) is 18.3 Å². The third kappa shape index (κ3) is 2.85. The molecule has 0 saturated heterocycles. The number of furan rings is 2. The molecule has 2 aromatic heterocycles. The quantitative estimate of drug-likeness (QED) is 0.859. The van der Waals surface area contributed by atoms with Gasteiger partial charge in [-0.15, -0.1) is 0 Å². The maximum atomic E-state index is 6.13. The second-order valence-electron chi connectivity index (χ2n) is 6.25. The Hall–Kier alpha value is -1.52. The van der Waals surface area contributed by atoms with Crippen molar-refractivity contribution in [1.82, 2.24) is 0 Å². The molecule has 1 aliphatic rings. The largest absolute Gasteiger partial charge is 0.465 e. The van der Waals surface area contributed by atoms with Crippen molar-refractivity contribution in [2.24, 2.45) is 11.5 Å². The Morgan fingerprint density at radius 1 is 0.773 bits per heavy atom. The van der Waals surface area contributed by atoms with Crippen LogP contribution in [0.3, 0.4) is 0 Å². The second-order valence-corrected chi connectivity index (χ2v) is 6.25. The lowest BCUT2D eigenvalue weighted by Gasteiger charge is -2.33. The minimum Gasteiger partial charge on any atom is -0.465 e. The summed E-state index contributed by atoms with van der Waals surface area (Å²) < 4.78 is 12.3. The topological polar surface area (TPSA) is 78.3 Å². The molecule has 4 heteroatoms. The van der Waals surface area contributed by atoms with Gasteiger partial charge in [-0.2, -0.15) is 0 Å². The van der Waals surface area contributed by atoms with E-state index < -0.39 is 0 Å². The average molecular weight is 302 g/mol. The number of hydrogen-bond donors (Lipinski definition) is 2. The highest BCUT2D eigenvalue weighted by atomic mass is 16.4. The lowest BCUT2D eigenvalue weighted by molar-refractivity contribution is 0.240. The van der Waals surface area contributed by atoms with Crippen molar-refractivity contribution in [3.8, 4) is 0 Å². The van der Waals surface area contributed by atoms with Gasteiger partial charge in [-0.1, -0.05) is 19.3 Å². The van der Waals surface area contributed by atoms with Gasteiger partial charge in [-0.25, -0.2) is 0 Å². The Kier molecular flexibility index (Phi) is 4.69. The van der Waals surface area contributed by atoms with Crippen molar-refractivity contribution in [2.45, 2.75) is 50.4 Å². The molecule has 0 bridgehead atoms. The Morgan fingerprint density at radius 3 is 1.73 bits per heavy atom. The molecule has 1 saturated carbocycles. The highest BCUT2D eigenvalue weighted by Gasteiger charge is 2.41. The van der Waals surface area contributed by atoms with Crippen LogP contribution in [0.5, 0.6) is 0 Å². The van der Waals surface area contributed by atoms with Crippen LogP contribution >= 0.6 is 0 Å². The van der Waals surface area contributed by atoms with Crippen molar-refractivity contribution in [3.05, 3.63) is 47.3 Å². The fourth-order valence-corrected chi connectivity index (χ4v) is 3.59. The standard InChI is InChI=1S/C18H26N2O2/c19-12-8-14-4-6-16(21-14)18(10-2-1-3-11-18)17-7-5-15(22-17)9-13-20/h4-7H,1-3,8-13,19-20H2. The summed E-state index contributed by atoms with van der Waals surface area (Å²) in [5.74, 6) is 4.00. The molecule has 1 fully saturated rings. The van der Waals surface area contributed by atoms with Crippen LogP contribution in [0.1, 0.15) is 55.1 Å². The van der Waals surface area contributed by atoms with Gasteiger partial charge in [0.1, 0.15) is 23.0 Å². The van der Waals surface area contributed by atoms with Gasteiger partial charge < -0.3 is 20.3 Å². The van der Waals surface area contributed by atoms with Crippen LogP contribution in [0.2, 0.25) is 0 Å². The minimum absolute atomic E-state index is 0.113. The molecule has 0 aromatic carbocycles. The van der Waals surface area contributed by atoms with E-state index in [1.807, 2.05) is 0 Å². The molecule has 0 atom stereocenters. The van der Waals surface area contributed by atoms with Crippen molar-refractivity contribution in [1.29, 1.82) is 0 Å². The van der Waals surface area contributed by atoms with E-state index in [4.69, 9.17) is 20.3 Å². The minimum atomic E-state index is -0.113. The Morgan fingerprint density at radius 2 is 1.27 bits per heavy atom. The SMILES string of the molecule is NCCc1ccc(C2(c3ccc(CCN)o3)CCCCC2)o1. The van der Waals surface area contributed by atoms with E-state index in [0.717, 1.165) is 48.7 Å². The molecule has 2 aromatic rings. The summed E-state index contributed by atoms with van der Waals surface area (Å²) in [6, 6.07) is 8.34. The molecule has 1 aliphatic carbocycles. The van der Waals surface area contributed by atoms with Gasteiger partial charge in [-0.3, -0.25) is 0 Å². The normalized spacial score (nSPS) is 17.7. The fourth-order valence-electron chi connectivity index (χ4n) is 3.59. The summed E-state index contributed by atoms with van der Waals surface area (Å²) in [5, 5.41) is 0. The van der Waals surface area contributed by atoms with Crippen LogP contribution in [-0.4, -0.2) is 13.1 Å². The van der Waals surface area contributed by atoms with Crippen molar-refractivity contribution >= 4 is 0 Å². The van der Waals surface area contributed by atoms with Gasteiger partial charge in [0, 0.05) is 12.8 Å². The van der Waals surface area contributed by atoms with Crippen LogP contribution in [0.25, 0.3) is 0 Å². The van der Waals surface area contributed by atoms with Gasteiger partial charge in [0.05, 0.1) is 5.41 Å². The molecule has 22 heavy (non-hydrogen) atoms. The van der Waals surface area contributed by atoms with Crippen LogP contribution in [0.15, 0.2) is 33.1 Å². The Labute approximate surface area is 131 Å². The number of hydrogen-bond acceptors (Lipinski definition) is 4. The first-order valence-corrected chi connectivity index (χ1v) is 8.37. The number of rotatable bonds is 6. The van der Waals surface area contributed by atoms with Crippen molar-refractivity contribution in [3.63, 3.8) is 0 Å². The van der Waals surface area contributed by atoms with E-state index in [9.17, 15) is 0 Å². The first-order chi connectivity index (χ1) is 10.8. The summed E-state index contributed by atoms with van der Waals surface area (Å²) in [4.78, 5) is 0. The molecule has 0 radical (unpaired) electrons. The van der Waals surface area contributed by atoms with Crippen LogP contribution in [0.4, 0.5) is 0 Å². The third-order valence-corrected chi connectivity index (χ3v) is 4.76. The van der Waals surface area contributed by atoms with Crippen LogP contribution in [0, 0.1) is 0 Å². The molecular formula is C18H26N2O2. The summed E-state index contributed by atoms with van der Waals surface area (Å²) >= 11 is 0. The zero-order valence-electron chi connectivity index (χ0n) is 13.1. The molecule has 0 amide bonds. The fraction of sp³-hybridized carbons (Fsp3) is 0.556. The molecule has 2 heterocycles. The van der Waals surface area contributed by atoms with E-state index in [-0.39, 0.29) is 5.41 Å². The first-order valence-electron chi connectivity index (χ1n) is 8.37. The molecule has 120 valence electrons. The van der Waals surface area contributed by atoms with Gasteiger partial charge in [0.15, 0.2) is 0 Å². The summed E-state index contributed by atoms with van der Waals surface area (Å²) in [6.45, 7) is 1.22. The summed E-state index contributed by atoms with van der Waals surface area (Å²) in [6.07, 6.45) is 7.43. The molecule has 4 nitrogen and oxygen atoms in total. The predicted molar refractivity (Wildman–Crippen MR) is 86.8 cm³/mol. The molecule has 4 N–H and O–H groups in total. The second kappa shape index (κ2) is 6.71. The van der Waals surface area contributed by atoms with Gasteiger partial charge in [-0.05, 0) is 50.2 Å². The summed E-state index contributed by atoms with van der Waals surface area (Å²) in [7, 11) is 0. The maximum Gasteiger partial charge on any atom is 0.117 e. The molecule has 0 unspecified atom stereocenters. The Bertz CT molecular complexity index is 548. The third-order valence-electron chi connectivity index (χ3n) is 4.76. The molecule has 0 spiro atoms. The Balaban J connectivity index is 1.95. The smallest absolute Gasteiger partial charge is 0.117 e. The van der Waals surface area contributed by atoms with E-state index in [1.165, 1.54) is 19.3 Å². The van der Waals surface area contributed by atoms with Crippen LogP contribution < -0.4 is 11.5 Å². The van der Waals surface area contributed by atoms with Crippen molar-refractivity contribution < 1.29 is 8.83 Å². The predicted octanol–water partition coefficient (Wildman–Crippen LogP) is 3.13. The van der Waals surface area contributed by atoms with Gasteiger partial charge in [0.25, 0.3) is 0 Å². The molecule has 3 rings (SSSR count). The summed E-state index contributed by atoms with van der Waals surface area (Å²) in [5.41, 5.74) is 11.2.